The highest BCUT2D eigenvalue weighted by Gasteiger charge is 2.15. The molecule has 0 fully saturated rings. The highest BCUT2D eigenvalue weighted by molar-refractivity contribution is 5.77. The fourth-order valence-electron chi connectivity index (χ4n) is 1.97. The van der Waals surface area contributed by atoms with Crippen LogP contribution in [0.2, 0.25) is 0 Å². The van der Waals surface area contributed by atoms with Crippen LogP contribution < -0.4 is 9.88 Å². The standard InChI is InChI=1S/C14H17N3O2/c1-3-16-11-17(10-14(18)15-8-9-19-2)13-7-5-4-6-12(13)16/h3-7,11H,1,8-10H2,2H3/p+1. The van der Waals surface area contributed by atoms with Crippen molar-refractivity contribution in [2.45, 2.75) is 6.54 Å². The number of imidazole rings is 1. The maximum atomic E-state index is 11.8. The van der Waals surface area contributed by atoms with Gasteiger partial charge in [-0.25, -0.2) is 9.13 Å². The first kappa shape index (κ1) is 13.3. The number of para-hydroxylation sites is 2. The summed E-state index contributed by atoms with van der Waals surface area (Å²) >= 11 is 0. The predicted octanol–water partition coefficient (Wildman–Crippen LogP) is 0.792. The number of hydrogen-bond donors (Lipinski definition) is 1. The van der Waals surface area contributed by atoms with Crippen LogP contribution >= 0.6 is 0 Å². The zero-order chi connectivity index (χ0) is 13.7. The van der Waals surface area contributed by atoms with Gasteiger partial charge in [0.05, 0.1) is 12.8 Å². The molecule has 0 radical (unpaired) electrons. The van der Waals surface area contributed by atoms with E-state index < -0.39 is 0 Å². The predicted molar refractivity (Wildman–Crippen MR) is 73.4 cm³/mol. The molecule has 19 heavy (non-hydrogen) atoms. The smallest absolute Gasteiger partial charge is 0.262 e. The molecule has 1 aromatic carbocycles. The van der Waals surface area contributed by atoms with Gasteiger partial charge >= 0.3 is 0 Å². The van der Waals surface area contributed by atoms with Crippen LogP contribution in [0.25, 0.3) is 17.2 Å². The zero-order valence-corrected chi connectivity index (χ0v) is 11.0. The van der Waals surface area contributed by atoms with Crippen molar-refractivity contribution >= 4 is 23.1 Å². The molecule has 100 valence electrons. The molecule has 5 heteroatoms. The number of nitrogens with zero attached hydrogens (tertiary/aromatic N) is 2. The monoisotopic (exact) mass is 260 g/mol. The normalized spacial score (nSPS) is 10.6. The van der Waals surface area contributed by atoms with Crippen molar-refractivity contribution in [3.8, 4) is 0 Å². The third-order valence-corrected chi connectivity index (χ3v) is 2.87. The van der Waals surface area contributed by atoms with Gasteiger partial charge in [-0.15, -0.1) is 0 Å². The second-order valence-electron chi connectivity index (χ2n) is 4.16. The summed E-state index contributed by atoms with van der Waals surface area (Å²) in [6.07, 6.45) is 3.59. The van der Waals surface area contributed by atoms with Gasteiger partial charge in [0.15, 0.2) is 17.6 Å². The molecule has 0 unspecified atom stereocenters. The SMILES string of the molecule is C=Cn1c[n+](CC(=O)NCCOC)c2ccccc21. The number of carbonyl (C=O) groups excluding carboxylic acids is 1. The van der Waals surface area contributed by atoms with Crippen molar-refractivity contribution in [3.63, 3.8) is 0 Å². The molecule has 2 aromatic rings. The first-order chi connectivity index (χ1) is 9.26. The van der Waals surface area contributed by atoms with E-state index in [2.05, 4.69) is 11.9 Å². The van der Waals surface area contributed by atoms with Gasteiger partial charge in [0, 0.05) is 13.7 Å². The summed E-state index contributed by atoms with van der Waals surface area (Å²) in [6, 6.07) is 7.90. The molecular formula is C14H18N3O2+. The Balaban J connectivity index is 2.16. The quantitative estimate of drug-likeness (QED) is 0.616. The summed E-state index contributed by atoms with van der Waals surface area (Å²) < 4.78 is 8.70. The van der Waals surface area contributed by atoms with Gasteiger partial charge in [-0.3, -0.25) is 4.79 Å². The van der Waals surface area contributed by atoms with Crippen LogP contribution in [0.3, 0.4) is 0 Å². The molecule has 1 amide bonds. The molecule has 0 saturated carbocycles. The van der Waals surface area contributed by atoms with Crippen molar-refractivity contribution in [1.82, 2.24) is 9.88 Å². The van der Waals surface area contributed by atoms with Gasteiger partial charge in [0.2, 0.25) is 6.33 Å². The Hall–Kier alpha value is -2.14. The Morgan fingerprint density at radius 3 is 3.05 bits per heavy atom. The van der Waals surface area contributed by atoms with Gasteiger partial charge in [0.25, 0.3) is 5.91 Å². The maximum Gasteiger partial charge on any atom is 0.262 e. The summed E-state index contributed by atoms with van der Waals surface area (Å²) in [4.78, 5) is 11.8. The van der Waals surface area contributed by atoms with E-state index in [1.165, 1.54) is 0 Å². The van der Waals surface area contributed by atoms with E-state index >= 15 is 0 Å². The molecule has 1 heterocycles. The van der Waals surface area contributed by atoms with Crippen molar-refractivity contribution < 1.29 is 14.1 Å². The van der Waals surface area contributed by atoms with Crippen LogP contribution in [0.1, 0.15) is 0 Å². The van der Waals surface area contributed by atoms with Crippen molar-refractivity contribution in [1.29, 1.82) is 0 Å². The fourth-order valence-corrected chi connectivity index (χ4v) is 1.97. The number of carbonyl (C=O) groups is 1. The molecule has 1 aromatic heterocycles. The van der Waals surface area contributed by atoms with Crippen LogP contribution in [0.4, 0.5) is 0 Å². The van der Waals surface area contributed by atoms with E-state index in [0.29, 0.717) is 13.2 Å². The lowest BCUT2D eigenvalue weighted by molar-refractivity contribution is -0.658. The summed E-state index contributed by atoms with van der Waals surface area (Å²) in [5.74, 6) is -0.0333. The molecule has 0 aliphatic rings. The minimum Gasteiger partial charge on any atom is -0.383 e. The summed E-state index contributed by atoms with van der Waals surface area (Å²) in [5, 5.41) is 2.80. The highest BCUT2D eigenvalue weighted by atomic mass is 16.5. The minimum atomic E-state index is -0.0333. The number of fused-ring (bicyclic) bond motifs is 1. The number of hydrogen-bond acceptors (Lipinski definition) is 2. The van der Waals surface area contributed by atoms with Crippen LogP contribution in [-0.4, -0.2) is 30.7 Å². The van der Waals surface area contributed by atoms with Crippen LogP contribution in [-0.2, 0) is 16.1 Å². The number of amides is 1. The topological polar surface area (TPSA) is 47.1 Å². The average Bonchev–Trinajstić information content (AvgIpc) is 2.77. The number of benzene rings is 1. The lowest BCUT2D eigenvalue weighted by Gasteiger charge is -2.02. The number of methoxy groups -OCH3 is 1. The Labute approximate surface area is 112 Å². The lowest BCUT2D eigenvalue weighted by Crippen LogP contribution is -2.42. The van der Waals surface area contributed by atoms with Gasteiger partial charge in [-0.05, 0) is 12.1 Å². The summed E-state index contributed by atoms with van der Waals surface area (Å²) in [5.41, 5.74) is 2.03. The van der Waals surface area contributed by atoms with E-state index in [0.717, 1.165) is 11.0 Å². The average molecular weight is 260 g/mol. The second kappa shape index (κ2) is 6.15. The molecule has 0 aliphatic heterocycles. The Morgan fingerprint density at radius 2 is 2.32 bits per heavy atom. The molecule has 0 saturated heterocycles. The van der Waals surface area contributed by atoms with E-state index in [1.807, 2.05) is 39.7 Å². The molecule has 5 nitrogen and oxygen atoms in total. The Morgan fingerprint density at radius 1 is 1.53 bits per heavy atom. The molecule has 0 aliphatic carbocycles. The van der Waals surface area contributed by atoms with Crippen molar-refractivity contribution in [2.75, 3.05) is 20.3 Å². The summed E-state index contributed by atoms with van der Waals surface area (Å²) in [6.45, 7) is 5.09. The zero-order valence-electron chi connectivity index (χ0n) is 11.0. The Bertz CT molecular complexity index is 589. The number of ether oxygens (including phenoxy) is 1. The van der Waals surface area contributed by atoms with Crippen LogP contribution in [0.5, 0.6) is 0 Å². The molecule has 2 rings (SSSR count). The number of aromatic nitrogens is 2. The third kappa shape index (κ3) is 3.00. The van der Waals surface area contributed by atoms with Gasteiger partial charge < -0.3 is 10.1 Å². The largest absolute Gasteiger partial charge is 0.383 e. The van der Waals surface area contributed by atoms with Gasteiger partial charge in [0.1, 0.15) is 0 Å². The maximum absolute atomic E-state index is 11.8. The summed E-state index contributed by atoms with van der Waals surface area (Å²) in [7, 11) is 1.61. The lowest BCUT2D eigenvalue weighted by atomic mass is 10.3. The molecular weight excluding hydrogens is 242 g/mol. The minimum absolute atomic E-state index is 0.0333. The first-order valence-corrected chi connectivity index (χ1v) is 6.13. The fraction of sp³-hybridized carbons (Fsp3) is 0.286. The van der Waals surface area contributed by atoms with Crippen molar-refractivity contribution in [2.24, 2.45) is 0 Å². The number of rotatable bonds is 6. The van der Waals surface area contributed by atoms with Gasteiger partial charge in [-0.2, -0.15) is 0 Å². The molecule has 0 atom stereocenters. The van der Waals surface area contributed by atoms with E-state index in [-0.39, 0.29) is 12.5 Å². The molecule has 0 bridgehead atoms. The Kier molecular flexibility index (Phi) is 4.30. The highest BCUT2D eigenvalue weighted by Crippen LogP contribution is 2.10. The van der Waals surface area contributed by atoms with Crippen LogP contribution in [0, 0.1) is 0 Å². The molecule has 0 spiro atoms. The third-order valence-electron chi connectivity index (χ3n) is 2.87. The van der Waals surface area contributed by atoms with Gasteiger partial charge in [-0.1, -0.05) is 18.7 Å². The van der Waals surface area contributed by atoms with Crippen LogP contribution in [0.15, 0.2) is 37.2 Å². The van der Waals surface area contributed by atoms with Crippen molar-refractivity contribution in [3.05, 3.63) is 37.2 Å². The van der Waals surface area contributed by atoms with E-state index in [4.69, 9.17) is 4.74 Å². The first-order valence-electron chi connectivity index (χ1n) is 6.13. The molecule has 1 N–H and O–H groups in total. The number of nitrogens with one attached hydrogen (secondary N) is 1. The van der Waals surface area contributed by atoms with E-state index in [9.17, 15) is 4.79 Å². The second-order valence-corrected chi connectivity index (χ2v) is 4.16. The van der Waals surface area contributed by atoms with E-state index in [1.54, 1.807) is 13.3 Å².